The average molecular weight is 789 g/mol. The second kappa shape index (κ2) is 14.5. The number of benzene rings is 3. The number of ether oxygens (including phenoxy) is 4. The number of para-hydroxylation sites is 1. The van der Waals surface area contributed by atoms with Crippen LogP contribution in [0.15, 0.2) is 84.4 Å². The van der Waals surface area contributed by atoms with Crippen LogP contribution in [0, 0.1) is 17.3 Å². The highest BCUT2D eigenvalue weighted by molar-refractivity contribution is 5.89. The first kappa shape index (κ1) is 40.0. The number of methoxy groups -OCH3 is 1. The molecule has 0 radical (unpaired) electrons. The molecule has 0 bridgehead atoms. The number of carbonyl (C=O) groups is 3. The number of hydrogen-bond donors (Lipinski definition) is 3. The second-order valence-electron chi connectivity index (χ2n) is 17.9. The Balaban J connectivity index is 1.13. The molecule has 10 nitrogen and oxygen atoms in total. The molecule has 4 aliphatic carbocycles. The third-order valence-electron chi connectivity index (χ3n) is 14.2. The van der Waals surface area contributed by atoms with Gasteiger partial charge in [-0.05, 0) is 91.8 Å². The average Bonchev–Trinajstić information content (AvgIpc) is 3.82. The van der Waals surface area contributed by atoms with Crippen LogP contribution in [0.2, 0.25) is 0 Å². The number of fused-ring (bicyclic) bond motifs is 10. The molecule has 1 aromatic heterocycles. The first-order chi connectivity index (χ1) is 27.6. The standard InChI is InChI=1S/C48H56N2O8/c1-27(2)41(50-44(53)56-26-37-33-17-11-9-15-31(33)32-16-10-12-18-34(32)37)43(52)57-40-25-30-24-36-35-19-13-14-20-38(35)49-42(36)46(30,7)45(6)21-22-47(55-8,58-28(3)4)39(23-29(5)51)48(40,45)54/h9-20,23,27-28,30,37,40-41,49,54H,21-22,24-26H2,1-8H3,(H,50,53)/b39-23+/t30-,40+,41+,45?,46-,47+,48+/m1/s1. The minimum atomic E-state index is -1.94. The predicted molar refractivity (Wildman–Crippen MR) is 221 cm³/mol. The quantitative estimate of drug-likeness (QED) is 0.0830. The predicted octanol–water partition coefficient (Wildman–Crippen LogP) is 8.29. The number of esters is 1. The van der Waals surface area contributed by atoms with Crippen LogP contribution >= 0.6 is 0 Å². The van der Waals surface area contributed by atoms with Gasteiger partial charge in [0, 0.05) is 52.4 Å². The van der Waals surface area contributed by atoms with Gasteiger partial charge in [0.1, 0.15) is 24.4 Å². The number of alkyl carbamates (subject to hydrolysis) is 1. The van der Waals surface area contributed by atoms with Crippen molar-refractivity contribution in [2.45, 2.75) is 115 Å². The van der Waals surface area contributed by atoms with Gasteiger partial charge in [-0.25, -0.2) is 9.59 Å². The lowest BCUT2D eigenvalue weighted by Gasteiger charge is -2.67. The normalized spacial score (nSPS) is 29.7. The summed E-state index contributed by atoms with van der Waals surface area (Å²) in [6, 6.07) is 23.4. The van der Waals surface area contributed by atoms with Crippen LogP contribution in [-0.4, -0.2) is 71.3 Å². The highest BCUT2D eigenvalue weighted by atomic mass is 16.7. The second-order valence-corrected chi connectivity index (χ2v) is 17.9. The van der Waals surface area contributed by atoms with E-state index in [0.29, 0.717) is 19.3 Å². The molecule has 0 saturated heterocycles. The molecule has 2 fully saturated rings. The molecule has 1 unspecified atom stereocenters. The third kappa shape index (κ3) is 5.88. The number of carbonyl (C=O) groups excluding carboxylic acids is 3. The molecule has 8 rings (SSSR count). The van der Waals surface area contributed by atoms with Crippen molar-refractivity contribution < 1.29 is 38.4 Å². The Kier molecular flexibility index (Phi) is 10.0. The maximum absolute atomic E-state index is 14.6. The fourth-order valence-electron chi connectivity index (χ4n) is 11.3. The Morgan fingerprint density at radius 3 is 2.19 bits per heavy atom. The van der Waals surface area contributed by atoms with E-state index < -0.39 is 46.4 Å². The van der Waals surface area contributed by atoms with Gasteiger partial charge < -0.3 is 34.4 Å². The monoisotopic (exact) mass is 788 g/mol. The summed E-state index contributed by atoms with van der Waals surface area (Å²) in [6.45, 7) is 13.2. The number of allylic oxidation sites excluding steroid dienone is 1. The summed E-state index contributed by atoms with van der Waals surface area (Å²) >= 11 is 0. The molecule has 1 amide bonds. The van der Waals surface area contributed by atoms with Gasteiger partial charge in [-0.2, -0.15) is 0 Å². The molecular formula is C48H56N2O8. The van der Waals surface area contributed by atoms with E-state index in [1.807, 2.05) is 64.1 Å². The van der Waals surface area contributed by atoms with Crippen LogP contribution in [0.1, 0.15) is 96.0 Å². The summed E-state index contributed by atoms with van der Waals surface area (Å²) in [6.07, 6.45) is 1.02. The molecule has 0 spiro atoms. The third-order valence-corrected chi connectivity index (χ3v) is 14.2. The number of aliphatic hydroxyl groups is 1. The van der Waals surface area contributed by atoms with Crippen LogP contribution in [0.5, 0.6) is 0 Å². The Bertz CT molecular complexity index is 2270. The number of nitrogens with one attached hydrogen (secondary N) is 2. The van der Waals surface area contributed by atoms with Crippen LogP contribution in [-0.2, 0) is 40.4 Å². The highest BCUT2D eigenvalue weighted by Crippen LogP contribution is 2.71. The number of H-pyrrole nitrogens is 1. The van der Waals surface area contributed by atoms with Gasteiger partial charge in [-0.1, -0.05) is 94.4 Å². The SMILES string of the molecule is CO[C@]1(OC(C)C)CCC2(C)[C@@]3(C)c4[nH]c5ccccc5c4C[C@@H]3C[C@H](OC(=O)[C@@H](NC(=O)OCC3c4ccccc4-c4ccccc43)C(C)C)[C@@]2(O)/C1=C/C(C)=O. The molecule has 4 aliphatic rings. The number of ketones is 1. The van der Waals surface area contributed by atoms with Gasteiger partial charge >= 0.3 is 12.1 Å². The molecule has 1 heterocycles. The van der Waals surface area contributed by atoms with Gasteiger partial charge in [-0.3, -0.25) is 4.79 Å². The summed E-state index contributed by atoms with van der Waals surface area (Å²) in [7, 11) is 1.52. The first-order valence-electron chi connectivity index (χ1n) is 20.7. The molecule has 0 aliphatic heterocycles. The summed E-state index contributed by atoms with van der Waals surface area (Å²) in [5.41, 5.74) is 4.34. The van der Waals surface area contributed by atoms with Gasteiger partial charge in [0.05, 0.1) is 6.10 Å². The van der Waals surface area contributed by atoms with Crippen molar-refractivity contribution in [3.8, 4) is 11.1 Å². The van der Waals surface area contributed by atoms with Crippen LogP contribution < -0.4 is 5.32 Å². The van der Waals surface area contributed by atoms with Crippen molar-refractivity contribution in [1.29, 1.82) is 0 Å². The van der Waals surface area contributed by atoms with Crippen molar-refractivity contribution in [2.75, 3.05) is 13.7 Å². The number of rotatable bonds is 10. The smallest absolute Gasteiger partial charge is 0.407 e. The zero-order chi connectivity index (χ0) is 41.4. The van der Waals surface area contributed by atoms with E-state index in [1.165, 1.54) is 25.7 Å². The van der Waals surface area contributed by atoms with E-state index in [9.17, 15) is 19.5 Å². The Labute approximate surface area is 340 Å². The topological polar surface area (TPSA) is 136 Å². The van der Waals surface area contributed by atoms with Gasteiger partial charge in [0.25, 0.3) is 0 Å². The van der Waals surface area contributed by atoms with Crippen molar-refractivity contribution in [1.82, 2.24) is 10.3 Å². The van der Waals surface area contributed by atoms with E-state index in [4.69, 9.17) is 18.9 Å². The molecule has 306 valence electrons. The summed E-state index contributed by atoms with van der Waals surface area (Å²) in [4.78, 5) is 45.1. The van der Waals surface area contributed by atoms with E-state index in [-0.39, 0.29) is 48.2 Å². The number of aromatic amines is 1. The minimum absolute atomic E-state index is 0.0336. The van der Waals surface area contributed by atoms with E-state index in [1.54, 1.807) is 0 Å². The molecule has 3 aromatic carbocycles. The molecule has 4 aromatic rings. The lowest BCUT2D eigenvalue weighted by Crippen LogP contribution is -2.75. The zero-order valence-electron chi connectivity index (χ0n) is 34.8. The first-order valence-corrected chi connectivity index (χ1v) is 20.7. The van der Waals surface area contributed by atoms with Crippen molar-refractivity contribution in [2.24, 2.45) is 17.3 Å². The van der Waals surface area contributed by atoms with Crippen LogP contribution in [0.4, 0.5) is 4.79 Å². The molecule has 7 atom stereocenters. The summed E-state index contributed by atoms with van der Waals surface area (Å²) < 4.78 is 25.2. The number of aromatic nitrogens is 1. The Hall–Kier alpha value is -4.77. The maximum Gasteiger partial charge on any atom is 0.407 e. The fraction of sp³-hybridized carbons (Fsp3) is 0.479. The van der Waals surface area contributed by atoms with Crippen molar-refractivity contribution in [3.63, 3.8) is 0 Å². The fourth-order valence-corrected chi connectivity index (χ4v) is 11.3. The lowest BCUT2D eigenvalue weighted by molar-refractivity contribution is -0.297. The van der Waals surface area contributed by atoms with E-state index >= 15 is 0 Å². The molecule has 58 heavy (non-hydrogen) atoms. The molecule has 3 N–H and O–H groups in total. The van der Waals surface area contributed by atoms with Crippen LogP contribution in [0.3, 0.4) is 0 Å². The van der Waals surface area contributed by atoms with Crippen LogP contribution in [0.25, 0.3) is 22.0 Å². The summed E-state index contributed by atoms with van der Waals surface area (Å²) in [5, 5.41) is 17.8. The summed E-state index contributed by atoms with van der Waals surface area (Å²) in [5.74, 6) is -3.04. The van der Waals surface area contributed by atoms with Crippen molar-refractivity contribution >= 4 is 28.7 Å². The van der Waals surface area contributed by atoms with Gasteiger partial charge in [0.15, 0.2) is 11.6 Å². The van der Waals surface area contributed by atoms with E-state index in [0.717, 1.165) is 38.9 Å². The molecule has 10 heteroatoms. The van der Waals surface area contributed by atoms with Crippen molar-refractivity contribution in [3.05, 3.63) is 107 Å². The zero-order valence-corrected chi connectivity index (χ0v) is 34.8. The Morgan fingerprint density at radius 1 is 0.931 bits per heavy atom. The van der Waals surface area contributed by atoms with Gasteiger partial charge in [0.2, 0.25) is 0 Å². The lowest BCUT2D eigenvalue weighted by atomic mass is 9.41. The minimum Gasteiger partial charge on any atom is -0.457 e. The maximum atomic E-state index is 14.6. The highest BCUT2D eigenvalue weighted by Gasteiger charge is 2.76. The van der Waals surface area contributed by atoms with E-state index in [2.05, 4.69) is 60.5 Å². The Morgan fingerprint density at radius 2 is 1.57 bits per heavy atom. The number of amides is 1. The largest absolute Gasteiger partial charge is 0.457 e. The molecule has 2 saturated carbocycles. The molecular weight excluding hydrogens is 733 g/mol. The van der Waals surface area contributed by atoms with Gasteiger partial charge in [-0.15, -0.1) is 0 Å². The number of hydrogen-bond acceptors (Lipinski definition) is 8.